The van der Waals surface area contributed by atoms with Gasteiger partial charge in [0.1, 0.15) is 6.61 Å². The number of aromatic nitrogens is 1. The van der Waals surface area contributed by atoms with Gasteiger partial charge in [-0.25, -0.2) is 4.98 Å². The van der Waals surface area contributed by atoms with Gasteiger partial charge in [-0.2, -0.15) is 0 Å². The molecule has 15 heavy (non-hydrogen) atoms. The summed E-state index contributed by atoms with van der Waals surface area (Å²) in [6, 6.07) is 3.95. The van der Waals surface area contributed by atoms with Crippen molar-refractivity contribution in [2.24, 2.45) is 0 Å². The molecule has 0 saturated carbocycles. The minimum absolute atomic E-state index is 0.670. The predicted molar refractivity (Wildman–Crippen MR) is 61.0 cm³/mol. The predicted octanol–water partition coefficient (Wildman–Crippen LogP) is 0.741. The van der Waals surface area contributed by atoms with E-state index in [1.165, 1.54) is 5.56 Å². The molecule has 1 rings (SSSR count). The molecule has 0 saturated heterocycles. The minimum Gasteiger partial charge on any atom is -0.476 e. The van der Waals surface area contributed by atoms with Crippen molar-refractivity contribution in [1.29, 1.82) is 0 Å². The lowest BCUT2D eigenvalue weighted by Gasteiger charge is -2.10. The highest BCUT2D eigenvalue weighted by Gasteiger charge is 1.98. The fourth-order valence-electron chi connectivity index (χ4n) is 1.18. The van der Waals surface area contributed by atoms with E-state index >= 15 is 0 Å². The maximum atomic E-state index is 5.52. The average Bonchev–Trinajstić information content (AvgIpc) is 2.18. The molecule has 1 aromatic rings. The summed E-state index contributed by atoms with van der Waals surface area (Å²) < 4.78 is 5.52. The molecule has 1 N–H and O–H groups in total. The first-order chi connectivity index (χ1) is 7.22. The van der Waals surface area contributed by atoms with Crippen molar-refractivity contribution >= 4 is 0 Å². The summed E-state index contributed by atoms with van der Waals surface area (Å²) in [5.41, 5.74) is 1.19. The second-order valence-corrected chi connectivity index (χ2v) is 3.68. The van der Waals surface area contributed by atoms with Crippen LogP contribution in [0.5, 0.6) is 5.88 Å². The molecule has 0 atom stereocenters. The van der Waals surface area contributed by atoms with Crippen LogP contribution in [0.3, 0.4) is 0 Å². The summed E-state index contributed by atoms with van der Waals surface area (Å²) in [5, 5.41) is 3.09. The first-order valence-electron chi connectivity index (χ1n) is 5.09. The third-order valence-electron chi connectivity index (χ3n) is 1.97. The fraction of sp³-hybridized carbons (Fsp3) is 0.545. The van der Waals surface area contributed by atoms with Crippen LogP contribution >= 0.6 is 0 Å². The Kier molecular flexibility index (Phi) is 5.07. The summed E-state index contributed by atoms with van der Waals surface area (Å²) >= 11 is 0. The summed E-state index contributed by atoms with van der Waals surface area (Å²) in [4.78, 5) is 6.23. The first-order valence-corrected chi connectivity index (χ1v) is 5.09. The van der Waals surface area contributed by atoms with Gasteiger partial charge in [-0.3, -0.25) is 0 Å². The van der Waals surface area contributed by atoms with Crippen LogP contribution in [0.2, 0.25) is 0 Å². The zero-order chi connectivity index (χ0) is 11.1. The van der Waals surface area contributed by atoms with Gasteiger partial charge >= 0.3 is 0 Å². The summed E-state index contributed by atoms with van der Waals surface area (Å²) in [5.74, 6) is 0.699. The van der Waals surface area contributed by atoms with Gasteiger partial charge in [0.25, 0.3) is 0 Å². The molecule has 0 radical (unpaired) electrons. The zero-order valence-corrected chi connectivity index (χ0v) is 9.66. The van der Waals surface area contributed by atoms with E-state index in [1.54, 1.807) is 6.20 Å². The number of hydrogen-bond acceptors (Lipinski definition) is 4. The second kappa shape index (κ2) is 6.37. The van der Waals surface area contributed by atoms with E-state index in [9.17, 15) is 0 Å². The molecule has 4 nitrogen and oxygen atoms in total. The van der Waals surface area contributed by atoms with Gasteiger partial charge in [0.2, 0.25) is 5.88 Å². The lowest BCUT2D eigenvalue weighted by Crippen LogP contribution is -2.19. The average molecular weight is 209 g/mol. The van der Waals surface area contributed by atoms with Crippen LogP contribution < -0.4 is 10.1 Å². The number of likely N-dealkylation sites (N-methyl/N-ethyl adjacent to an activating group) is 1. The lowest BCUT2D eigenvalue weighted by atomic mass is 10.3. The second-order valence-electron chi connectivity index (χ2n) is 3.68. The molecular formula is C11H19N3O. The van der Waals surface area contributed by atoms with Gasteiger partial charge < -0.3 is 15.0 Å². The van der Waals surface area contributed by atoms with Gasteiger partial charge in [0, 0.05) is 25.4 Å². The van der Waals surface area contributed by atoms with Crippen molar-refractivity contribution in [2.75, 3.05) is 34.3 Å². The number of pyridine rings is 1. The SMILES string of the molecule is CNCc1ccnc(OCCN(C)C)c1. The number of hydrogen-bond donors (Lipinski definition) is 1. The monoisotopic (exact) mass is 209 g/mol. The largest absolute Gasteiger partial charge is 0.476 e. The minimum atomic E-state index is 0.670. The highest BCUT2D eigenvalue weighted by molar-refractivity contribution is 5.20. The smallest absolute Gasteiger partial charge is 0.213 e. The standard InChI is InChI=1S/C11H19N3O/c1-12-9-10-4-5-13-11(8-10)15-7-6-14(2)3/h4-5,8,12H,6-7,9H2,1-3H3. The Morgan fingerprint density at radius 2 is 2.27 bits per heavy atom. The fourth-order valence-corrected chi connectivity index (χ4v) is 1.18. The molecule has 0 fully saturated rings. The van der Waals surface area contributed by atoms with E-state index in [4.69, 9.17) is 4.74 Å². The Balaban J connectivity index is 2.43. The third kappa shape index (κ3) is 4.76. The summed E-state index contributed by atoms with van der Waals surface area (Å²) in [6.07, 6.45) is 1.78. The summed E-state index contributed by atoms with van der Waals surface area (Å²) in [6.45, 7) is 2.41. The van der Waals surface area contributed by atoms with Crippen LogP contribution in [-0.4, -0.2) is 44.2 Å². The molecule has 4 heteroatoms. The summed E-state index contributed by atoms with van der Waals surface area (Å²) in [7, 11) is 5.97. The van der Waals surface area contributed by atoms with E-state index in [0.29, 0.717) is 12.5 Å². The van der Waals surface area contributed by atoms with Gasteiger partial charge in [-0.05, 0) is 32.8 Å². The molecule has 0 aliphatic heterocycles. The molecule has 0 spiro atoms. The van der Waals surface area contributed by atoms with Crippen LogP contribution in [0.25, 0.3) is 0 Å². The molecule has 0 amide bonds. The topological polar surface area (TPSA) is 37.4 Å². The lowest BCUT2D eigenvalue weighted by molar-refractivity contribution is 0.253. The molecule has 0 unspecified atom stereocenters. The van der Waals surface area contributed by atoms with Crippen molar-refractivity contribution in [3.63, 3.8) is 0 Å². The van der Waals surface area contributed by atoms with Gasteiger partial charge in [0.05, 0.1) is 0 Å². The Morgan fingerprint density at radius 3 is 2.93 bits per heavy atom. The highest BCUT2D eigenvalue weighted by Crippen LogP contribution is 2.08. The molecule has 1 aromatic heterocycles. The van der Waals surface area contributed by atoms with Crippen molar-refractivity contribution in [1.82, 2.24) is 15.2 Å². The van der Waals surface area contributed by atoms with E-state index in [0.717, 1.165) is 13.1 Å². The van der Waals surface area contributed by atoms with E-state index in [1.807, 2.05) is 33.3 Å². The molecule has 0 aliphatic carbocycles. The normalized spacial score (nSPS) is 10.7. The Hall–Kier alpha value is -1.13. The van der Waals surface area contributed by atoms with Crippen LogP contribution in [0.15, 0.2) is 18.3 Å². The van der Waals surface area contributed by atoms with E-state index < -0.39 is 0 Å². The Bertz CT molecular complexity index is 289. The third-order valence-corrected chi connectivity index (χ3v) is 1.97. The van der Waals surface area contributed by atoms with Crippen LogP contribution in [0.1, 0.15) is 5.56 Å². The van der Waals surface area contributed by atoms with Gasteiger partial charge in [-0.1, -0.05) is 0 Å². The van der Waals surface area contributed by atoms with E-state index in [-0.39, 0.29) is 0 Å². The van der Waals surface area contributed by atoms with Crippen LogP contribution in [-0.2, 0) is 6.54 Å². The van der Waals surface area contributed by atoms with Crippen LogP contribution in [0, 0.1) is 0 Å². The maximum Gasteiger partial charge on any atom is 0.213 e. The van der Waals surface area contributed by atoms with Crippen molar-refractivity contribution in [3.05, 3.63) is 23.9 Å². The zero-order valence-electron chi connectivity index (χ0n) is 9.66. The number of nitrogens with zero attached hydrogens (tertiary/aromatic N) is 2. The van der Waals surface area contributed by atoms with Crippen molar-refractivity contribution in [2.45, 2.75) is 6.54 Å². The molecule has 0 bridgehead atoms. The first kappa shape index (κ1) is 11.9. The number of ether oxygens (including phenoxy) is 1. The molecule has 84 valence electrons. The van der Waals surface area contributed by atoms with E-state index in [2.05, 4.69) is 15.2 Å². The molecular weight excluding hydrogens is 190 g/mol. The maximum absolute atomic E-state index is 5.52. The molecule has 0 aliphatic rings. The van der Waals surface area contributed by atoms with Gasteiger partial charge in [-0.15, -0.1) is 0 Å². The number of rotatable bonds is 6. The highest BCUT2D eigenvalue weighted by atomic mass is 16.5. The van der Waals surface area contributed by atoms with Crippen molar-refractivity contribution in [3.8, 4) is 5.88 Å². The Morgan fingerprint density at radius 1 is 1.47 bits per heavy atom. The molecule has 0 aromatic carbocycles. The quantitative estimate of drug-likeness (QED) is 0.750. The number of nitrogens with one attached hydrogen (secondary N) is 1. The van der Waals surface area contributed by atoms with Gasteiger partial charge in [0.15, 0.2) is 0 Å². The van der Waals surface area contributed by atoms with Crippen molar-refractivity contribution < 1.29 is 4.74 Å². The Labute approximate surface area is 91.3 Å². The van der Waals surface area contributed by atoms with Crippen LogP contribution in [0.4, 0.5) is 0 Å². The molecule has 1 heterocycles.